The van der Waals surface area contributed by atoms with Crippen molar-refractivity contribution in [3.05, 3.63) is 65.8 Å². The molecule has 0 saturated carbocycles. The van der Waals surface area contributed by atoms with Crippen molar-refractivity contribution in [2.24, 2.45) is 0 Å². The molecule has 0 fully saturated rings. The van der Waals surface area contributed by atoms with E-state index in [2.05, 4.69) is 53.0 Å². The van der Waals surface area contributed by atoms with Gasteiger partial charge < -0.3 is 14.9 Å². The third kappa shape index (κ3) is 2.70. The van der Waals surface area contributed by atoms with Crippen molar-refractivity contribution in [2.45, 2.75) is 38.6 Å². The second-order valence-electron chi connectivity index (χ2n) is 8.01. The molecule has 5 heteroatoms. The van der Waals surface area contributed by atoms with Gasteiger partial charge in [0.25, 0.3) is 0 Å². The van der Waals surface area contributed by atoms with Gasteiger partial charge in [0.15, 0.2) is 5.78 Å². The number of imidazole rings is 1. The van der Waals surface area contributed by atoms with Crippen LogP contribution < -0.4 is 5.32 Å². The molecule has 2 aliphatic rings. The van der Waals surface area contributed by atoms with E-state index in [-0.39, 0.29) is 11.3 Å². The minimum atomic E-state index is -0.228. The highest BCUT2D eigenvalue weighted by atomic mass is 16.1. The lowest BCUT2D eigenvalue weighted by Gasteiger charge is -2.36. The number of carbonyl (C=O) groups excluding carboxylic acids is 1. The predicted octanol–water partition coefficient (Wildman–Crippen LogP) is 3.87. The van der Waals surface area contributed by atoms with Crippen molar-refractivity contribution in [1.82, 2.24) is 19.9 Å². The molecule has 5 nitrogen and oxygen atoms in total. The van der Waals surface area contributed by atoms with Crippen molar-refractivity contribution in [3.8, 4) is 17.1 Å². The van der Waals surface area contributed by atoms with Crippen LogP contribution in [0.2, 0.25) is 0 Å². The number of aryl methyl sites for hydroxylation is 1. The number of nitrogens with zero attached hydrogens (tertiary/aromatic N) is 2. The molecule has 2 aromatic heterocycles. The summed E-state index contributed by atoms with van der Waals surface area (Å²) >= 11 is 0. The molecule has 0 amide bonds. The minimum Gasteiger partial charge on any atom is -0.378 e. The maximum Gasteiger partial charge on any atom is 0.163 e. The molecule has 0 saturated heterocycles. The lowest BCUT2D eigenvalue weighted by atomic mass is 9.83. The Morgan fingerprint density at radius 3 is 2.56 bits per heavy atom. The number of carbonyl (C=O) groups is 1. The molecule has 0 atom stereocenters. The standard InChI is InChI=1S/C22H22N4O/c1-22(2)13-18(27)16-9-10-17-20(19(16)25-22)24-21(23-17)14-5-7-15(8-6-14)26-11-3-4-12-26/h3-8,11-12,25H,9-10,13H2,1-2H3,(H,23,24). The summed E-state index contributed by atoms with van der Waals surface area (Å²) in [6.07, 6.45) is 6.17. The highest BCUT2D eigenvalue weighted by molar-refractivity contribution is 6.05. The van der Waals surface area contributed by atoms with E-state index in [1.807, 2.05) is 24.5 Å². The molecule has 0 radical (unpaired) electrons. The molecule has 3 aromatic rings. The Labute approximate surface area is 158 Å². The van der Waals surface area contributed by atoms with Crippen LogP contribution in [0.1, 0.15) is 38.1 Å². The Bertz CT molecular complexity index is 1050. The molecular weight excluding hydrogens is 336 g/mol. The van der Waals surface area contributed by atoms with Gasteiger partial charge >= 0.3 is 0 Å². The topological polar surface area (TPSA) is 62.7 Å². The number of Topliss-reactive ketones (excluding diaryl/α,β-unsaturated/α-hetero) is 1. The van der Waals surface area contributed by atoms with Gasteiger partial charge in [0.1, 0.15) is 5.82 Å². The maximum absolute atomic E-state index is 12.5. The largest absolute Gasteiger partial charge is 0.378 e. The van der Waals surface area contributed by atoms with Gasteiger partial charge in [-0.2, -0.15) is 0 Å². The molecule has 5 rings (SSSR count). The van der Waals surface area contributed by atoms with Gasteiger partial charge in [0, 0.05) is 41.2 Å². The number of rotatable bonds is 2. The first kappa shape index (κ1) is 16.1. The highest BCUT2D eigenvalue weighted by Gasteiger charge is 2.36. The van der Waals surface area contributed by atoms with Crippen LogP contribution in [0, 0.1) is 0 Å². The van der Waals surface area contributed by atoms with Crippen LogP contribution in [0.15, 0.2) is 54.4 Å². The molecule has 1 aliphatic heterocycles. The number of aromatic nitrogens is 3. The van der Waals surface area contributed by atoms with E-state index in [9.17, 15) is 4.79 Å². The zero-order valence-electron chi connectivity index (χ0n) is 15.5. The van der Waals surface area contributed by atoms with Crippen molar-refractivity contribution in [3.63, 3.8) is 0 Å². The lowest BCUT2D eigenvalue weighted by Crippen LogP contribution is -2.45. The number of allylic oxidation sites excluding steroid dienone is 1. The summed E-state index contributed by atoms with van der Waals surface area (Å²) in [5.74, 6) is 1.11. The molecule has 136 valence electrons. The summed E-state index contributed by atoms with van der Waals surface area (Å²) in [6, 6.07) is 12.4. The van der Waals surface area contributed by atoms with Crippen molar-refractivity contribution in [2.75, 3.05) is 0 Å². The number of nitrogens with one attached hydrogen (secondary N) is 2. The summed E-state index contributed by atoms with van der Waals surface area (Å²) < 4.78 is 2.08. The van der Waals surface area contributed by atoms with Gasteiger partial charge in [-0.05, 0) is 63.1 Å². The Balaban J connectivity index is 1.52. The van der Waals surface area contributed by atoms with Gasteiger partial charge in [-0.15, -0.1) is 0 Å². The number of hydrogen-bond donors (Lipinski definition) is 2. The van der Waals surface area contributed by atoms with E-state index in [1.165, 1.54) is 0 Å². The summed E-state index contributed by atoms with van der Waals surface area (Å²) in [7, 11) is 0. The van der Waals surface area contributed by atoms with Crippen LogP contribution >= 0.6 is 0 Å². The molecule has 0 spiro atoms. The van der Waals surface area contributed by atoms with Crippen LogP contribution in [0.3, 0.4) is 0 Å². The summed E-state index contributed by atoms with van der Waals surface area (Å²) in [6.45, 7) is 4.14. The van der Waals surface area contributed by atoms with E-state index in [0.717, 1.165) is 52.6 Å². The molecule has 2 N–H and O–H groups in total. The number of H-pyrrole nitrogens is 1. The second-order valence-corrected chi connectivity index (χ2v) is 8.01. The van der Waals surface area contributed by atoms with Crippen LogP contribution in [0.25, 0.3) is 22.8 Å². The summed E-state index contributed by atoms with van der Waals surface area (Å²) in [5, 5.41) is 3.56. The zero-order valence-corrected chi connectivity index (χ0v) is 15.5. The Morgan fingerprint density at radius 2 is 1.81 bits per heavy atom. The van der Waals surface area contributed by atoms with Crippen LogP contribution in [0.5, 0.6) is 0 Å². The Morgan fingerprint density at radius 1 is 1.07 bits per heavy atom. The number of benzene rings is 1. The maximum atomic E-state index is 12.5. The SMILES string of the molecule is CC1(C)CC(=O)C2=C(N1)c1[nH]c(-c3ccc(-n4cccc4)cc3)nc1CC2. The minimum absolute atomic E-state index is 0.228. The molecule has 27 heavy (non-hydrogen) atoms. The van der Waals surface area contributed by atoms with E-state index < -0.39 is 0 Å². The number of aromatic amines is 1. The molecule has 0 bridgehead atoms. The molecule has 1 aromatic carbocycles. The number of fused-ring (bicyclic) bond motifs is 2. The number of ketones is 1. The first-order valence-electron chi connectivity index (χ1n) is 9.38. The van der Waals surface area contributed by atoms with Crippen LogP contribution in [0.4, 0.5) is 0 Å². The van der Waals surface area contributed by atoms with E-state index in [1.54, 1.807) is 0 Å². The zero-order chi connectivity index (χ0) is 18.6. The monoisotopic (exact) mass is 358 g/mol. The fourth-order valence-electron chi connectivity index (χ4n) is 4.06. The Hall–Kier alpha value is -3.08. The molecule has 3 heterocycles. The average Bonchev–Trinajstić information content (AvgIpc) is 3.31. The first-order chi connectivity index (χ1) is 13.0. The van der Waals surface area contributed by atoms with Gasteiger partial charge in [-0.1, -0.05) is 0 Å². The van der Waals surface area contributed by atoms with Gasteiger partial charge in [-0.3, -0.25) is 4.79 Å². The fourth-order valence-corrected chi connectivity index (χ4v) is 4.06. The fraction of sp³-hybridized carbons (Fsp3) is 0.273. The van der Waals surface area contributed by atoms with E-state index in [0.29, 0.717) is 6.42 Å². The van der Waals surface area contributed by atoms with E-state index >= 15 is 0 Å². The van der Waals surface area contributed by atoms with E-state index in [4.69, 9.17) is 4.98 Å². The normalized spacial score (nSPS) is 18.1. The van der Waals surface area contributed by atoms with Crippen LogP contribution in [-0.4, -0.2) is 25.9 Å². The smallest absolute Gasteiger partial charge is 0.163 e. The predicted molar refractivity (Wildman–Crippen MR) is 105 cm³/mol. The quantitative estimate of drug-likeness (QED) is 0.731. The third-order valence-corrected chi connectivity index (χ3v) is 5.39. The van der Waals surface area contributed by atoms with Crippen molar-refractivity contribution < 1.29 is 4.79 Å². The lowest BCUT2D eigenvalue weighted by molar-refractivity contribution is -0.117. The average molecular weight is 358 g/mol. The Kier molecular flexibility index (Phi) is 3.41. The molecule has 1 aliphatic carbocycles. The first-order valence-corrected chi connectivity index (χ1v) is 9.38. The number of hydrogen-bond acceptors (Lipinski definition) is 3. The second kappa shape index (κ2) is 5.71. The van der Waals surface area contributed by atoms with Crippen molar-refractivity contribution in [1.29, 1.82) is 0 Å². The summed E-state index contributed by atoms with van der Waals surface area (Å²) in [4.78, 5) is 20.8. The van der Waals surface area contributed by atoms with Gasteiger partial charge in [-0.25, -0.2) is 4.98 Å². The molecular formula is C22H22N4O. The molecule has 0 unspecified atom stereocenters. The van der Waals surface area contributed by atoms with Crippen LogP contribution in [-0.2, 0) is 11.2 Å². The highest BCUT2D eigenvalue weighted by Crippen LogP contribution is 2.36. The third-order valence-electron chi connectivity index (χ3n) is 5.39. The van der Waals surface area contributed by atoms with Gasteiger partial charge in [0.2, 0.25) is 0 Å². The van der Waals surface area contributed by atoms with Crippen molar-refractivity contribution >= 4 is 11.5 Å². The van der Waals surface area contributed by atoms with Gasteiger partial charge in [0.05, 0.1) is 17.1 Å². The summed E-state index contributed by atoms with van der Waals surface area (Å²) in [5.41, 5.74) is 5.81.